The first-order valence-electron chi connectivity index (χ1n) is 7.17. The zero-order valence-corrected chi connectivity index (χ0v) is 13.4. The lowest BCUT2D eigenvalue weighted by atomic mass is 10.2. The van der Waals surface area contributed by atoms with Crippen LogP contribution in [-0.2, 0) is 11.2 Å². The van der Waals surface area contributed by atoms with Gasteiger partial charge in [0.25, 0.3) is 0 Å². The molecule has 1 amide bonds. The molecular weight excluding hydrogens is 322 g/mol. The summed E-state index contributed by atoms with van der Waals surface area (Å²) in [4.78, 5) is 12.9. The fourth-order valence-corrected chi connectivity index (χ4v) is 2.76. The summed E-state index contributed by atoms with van der Waals surface area (Å²) in [5.41, 5.74) is 1.18. The van der Waals surface area contributed by atoms with Crippen LogP contribution in [-0.4, -0.2) is 16.1 Å². The first-order valence-corrected chi connectivity index (χ1v) is 8.04. The van der Waals surface area contributed by atoms with Gasteiger partial charge in [0.15, 0.2) is 11.6 Å². The van der Waals surface area contributed by atoms with Crippen LogP contribution in [0.2, 0.25) is 0 Å². The number of carbonyl (C=O) groups excluding carboxylic acids is 1. The van der Waals surface area contributed by atoms with E-state index in [9.17, 15) is 4.79 Å². The van der Waals surface area contributed by atoms with Crippen LogP contribution >= 0.6 is 11.3 Å². The Morgan fingerprint density at radius 3 is 2.58 bits per heavy atom. The second-order valence-corrected chi connectivity index (χ2v) is 5.92. The zero-order valence-electron chi connectivity index (χ0n) is 12.6. The van der Waals surface area contributed by atoms with Crippen molar-refractivity contribution in [3.63, 3.8) is 0 Å². The lowest BCUT2D eigenvalue weighted by Gasteiger charge is -2.07. The first kappa shape index (κ1) is 15.6. The van der Waals surface area contributed by atoms with Crippen molar-refractivity contribution in [2.75, 3.05) is 10.6 Å². The highest BCUT2D eigenvalue weighted by atomic mass is 32.1. The molecule has 0 bridgehead atoms. The summed E-state index contributed by atoms with van der Waals surface area (Å²) in [6.45, 7) is 0. The molecule has 118 valence electrons. The number of nitrogens with one attached hydrogen (secondary N) is 2. The van der Waals surface area contributed by atoms with Crippen LogP contribution < -0.4 is 10.6 Å². The molecule has 0 aliphatic rings. The molecule has 3 rings (SSSR count). The van der Waals surface area contributed by atoms with E-state index in [0.29, 0.717) is 29.3 Å². The molecule has 2 N–H and O–H groups in total. The van der Waals surface area contributed by atoms with Crippen LogP contribution in [0.1, 0.15) is 10.4 Å². The van der Waals surface area contributed by atoms with Crippen LogP contribution in [0.5, 0.6) is 0 Å². The van der Waals surface area contributed by atoms with Gasteiger partial charge in [0, 0.05) is 4.88 Å². The normalized spacial score (nSPS) is 9.96. The number of para-hydroxylation sites is 1. The van der Waals surface area contributed by atoms with E-state index in [2.05, 4.69) is 26.9 Å². The molecule has 1 aromatic carbocycles. The molecular formula is C17H13N5OS. The predicted molar refractivity (Wildman–Crippen MR) is 93.1 cm³/mol. The third-order valence-corrected chi connectivity index (χ3v) is 4.03. The molecule has 0 aliphatic carbocycles. The van der Waals surface area contributed by atoms with Crippen LogP contribution in [0.25, 0.3) is 0 Å². The number of carbonyl (C=O) groups is 1. The first-order chi connectivity index (χ1) is 11.7. The Kier molecular flexibility index (Phi) is 4.79. The molecule has 2 aromatic heterocycles. The van der Waals surface area contributed by atoms with Crippen molar-refractivity contribution in [2.45, 2.75) is 6.42 Å². The highest BCUT2D eigenvalue weighted by Crippen LogP contribution is 2.19. The third kappa shape index (κ3) is 3.94. The zero-order chi connectivity index (χ0) is 16.8. The van der Waals surface area contributed by atoms with Gasteiger partial charge < -0.3 is 10.6 Å². The molecule has 6 nitrogen and oxygen atoms in total. The van der Waals surface area contributed by atoms with E-state index in [-0.39, 0.29) is 5.91 Å². The smallest absolute Gasteiger partial charge is 0.230 e. The lowest BCUT2D eigenvalue weighted by Crippen LogP contribution is -2.15. The fraction of sp³-hybridized carbons (Fsp3) is 0.0588. The maximum atomic E-state index is 11.9. The molecule has 3 aromatic rings. The highest BCUT2D eigenvalue weighted by Gasteiger charge is 2.07. The number of rotatable bonds is 5. The van der Waals surface area contributed by atoms with Crippen LogP contribution in [0.3, 0.4) is 0 Å². The van der Waals surface area contributed by atoms with Gasteiger partial charge in [-0.15, -0.1) is 21.5 Å². The molecule has 0 saturated carbocycles. The molecule has 0 spiro atoms. The summed E-state index contributed by atoms with van der Waals surface area (Å²) in [7, 11) is 0. The van der Waals surface area contributed by atoms with Gasteiger partial charge in [0.1, 0.15) is 6.07 Å². The van der Waals surface area contributed by atoms with E-state index in [1.165, 1.54) is 11.3 Å². The van der Waals surface area contributed by atoms with Crippen LogP contribution in [0.4, 0.5) is 17.3 Å². The lowest BCUT2D eigenvalue weighted by molar-refractivity contribution is -0.115. The SMILES string of the molecule is N#Cc1ccccc1Nc1ccc(NC(=O)Cc2cccs2)nn1. The number of nitriles is 1. The summed E-state index contributed by atoms with van der Waals surface area (Å²) in [6.07, 6.45) is 0.314. The maximum absolute atomic E-state index is 11.9. The van der Waals surface area contributed by atoms with Gasteiger partial charge in [0.2, 0.25) is 5.91 Å². The van der Waals surface area contributed by atoms with E-state index < -0.39 is 0 Å². The molecule has 0 atom stereocenters. The molecule has 24 heavy (non-hydrogen) atoms. The van der Waals surface area contributed by atoms with Crippen molar-refractivity contribution in [1.82, 2.24) is 10.2 Å². The Hall–Kier alpha value is -3.24. The molecule has 0 fully saturated rings. The van der Waals surface area contributed by atoms with E-state index in [4.69, 9.17) is 5.26 Å². The van der Waals surface area contributed by atoms with Gasteiger partial charge in [-0.1, -0.05) is 18.2 Å². The third-order valence-electron chi connectivity index (χ3n) is 3.16. The molecule has 2 heterocycles. The number of anilines is 3. The molecule has 0 unspecified atom stereocenters. The predicted octanol–water partition coefficient (Wildman–Crippen LogP) is 3.33. The minimum Gasteiger partial charge on any atom is -0.338 e. The van der Waals surface area contributed by atoms with Crippen molar-refractivity contribution >= 4 is 34.6 Å². The quantitative estimate of drug-likeness (QED) is 0.746. The van der Waals surface area contributed by atoms with Gasteiger partial charge in [0.05, 0.1) is 17.7 Å². The molecule has 0 aliphatic heterocycles. The number of hydrogen-bond acceptors (Lipinski definition) is 6. The van der Waals surface area contributed by atoms with Gasteiger partial charge >= 0.3 is 0 Å². The van der Waals surface area contributed by atoms with Crippen molar-refractivity contribution < 1.29 is 4.79 Å². The Labute approximate surface area is 142 Å². The summed E-state index contributed by atoms with van der Waals surface area (Å²) in [5, 5.41) is 24.7. The summed E-state index contributed by atoms with van der Waals surface area (Å²) >= 11 is 1.54. The second-order valence-electron chi connectivity index (χ2n) is 4.89. The molecule has 7 heteroatoms. The summed E-state index contributed by atoms with van der Waals surface area (Å²) < 4.78 is 0. The van der Waals surface area contributed by atoms with Crippen molar-refractivity contribution in [1.29, 1.82) is 5.26 Å². The van der Waals surface area contributed by atoms with Crippen molar-refractivity contribution in [2.24, 2.45) is 0 Å². The number of nitrogens with zero attached hydrogens (tertiary/aromatic N) is 3. The molecule has 0 radical (unpaired) electrons. The van der Waals surface area contributed by atoms with E-state index in [0.717, 1.165) is 4.88 Å². The standard InChI is InChI=1S/C17H13N5OS/c18-11-12-4-1-2-6-14(12)19-15-7-8-16(22-21-15)20-17(23)10-13-5-3-9-24-13/h1-9H,10H2,(H,19,21)(H,20,22,23). The monoisotopic (exact) mass is 335 g/mol. The summed E-state index contributed by atoms with van der Waals surface area (Å²) in [6, 6.07) is 16.4. The second kappa shape index (κ2) is 7.35. The van der Waals surface area contributed by atoms with Crippen molar-refractivity contribution in [3.8, 4) is 6.07 Å². The largest absolute Gasteiger partial charge is 0.338 e. The number of benzene rings is 1. The summed E-state index contributed by atoms with van der Waals surface area (Å²) in [5.74, 6) is 0.743. The van der Waals surface area contributed by atoms with Gasteiger partial charge in [-0.2, -0.15) is 5.26 Å². The number of amides is 1. The Bertz CT molecular complexity index is 869. The topological polar surface area (TPSA) is 90.7 Å². The van der Waals surface area contributed by atoms with Crippen LogP contribution in [0.15, 0.2) is 53.9 Å². The minimum atomic E-state index is -0.137. The Balaban J connectivity index is 1.63. The average Bonchev–Trinajstić information content (AvgIpc) is 3.10. The van der Waals surface area contributed by atoms with Crippen molar-refractivity contribution in [3.05, 3.63) is 64.4 Å². The minimum absolute atomic E-state index is 0.137. The fourth-order valence-electron chi connectivity index (χ4n) is 2.05. The van der Waals surface area contributed by atoms with Gasteiger partial charge in [-0.25, -0.2) is 0 Å². The highest BCUT2D eigenvalue weighted by molar-refractivity contribution is 7.10. The Morgan fingerprint density at radius 2 is 1.88 bits per heavy atom. The van der Waals surface area contributed by atoms with Crippen LogP contribution in [0, 0.1) is 11.3 Å². The van der Waals surface area contributed by atoms with E-state index in [1.807, 2.05) is 23.6 Å². The van der Waals surface area contributed by atoms with E-state index >= 15 is 0 Å². The number of hydrogen-bond donors (Lipinski definition) is 2. The van der Waals surface area contributed by atoms with Gasteiger partial charge in [-0.05, 0) is 35.7 Å². The van der Waals surface area contributed by atoms with E-state index in [1.54, 1.807) is 30.3 Å². The average molecular weight is 335 g/mol. The van der Waals surface area contributed by atoms with Gasteiger partial charge in [-0.3, -0.25) is 4.79 Å². The number of thiophene rings is 1. The number of aromatic nitrogens is 2. The molecule has 0 saturated heterocycles. The Morgan fingerprint density at radius 1 is 1.08 bits per heavy atom. The maximum Gasteiger partial charge on any atom is 0.230 e.